The molecule has 0 aliphatic rings. The van der Waals surface area contributed by atoms with Crippen LogP contribution < -0.4 is 4.90 Å². The molecule has 0 N–H and O–H groups in total. The fraction of sp³-hybridized carbons (Fsp3) is 0. The summed E-state index contributed by atoms with van der Waals surface area (Å²) in [6.07, 6.45) is 0. The molecule has 2 heterocycles. The van der Waals surface area contributed by atoms with Gasteiger partial charge in [0, 0.05) is 49.3 Å². The van der Waals surface area contributed by atoms with E-state index in [1.54, 1.807) is 0 Å². The highest BCUT2D eigenvalue weighted by Crippen LogP contribution is 2.44. The van der Waals surface area contributed by atoms with Crippen LogP contribution in [0.3, 0.4) is 0 Å². The standard InChI is InChI=1S/C58H38N2O/c1-2-13-39(14-3-1)40-25-27-41(28-26-40)42-29-33-44(34-30-42)59(45-35-31-43(32-36-45)46-20-12-21-52-51-19-8-11-24-57(51)61-58(46)52)55-37-38-56(50-16-5-4-15-49(50)55)60-53-22-9-6-17-47(53)48-18-7-10-23-54(48)60/h1-38H. The molecule has 12 aromatic rings. The van der Waals surface area contributed by atoms with Gasteiger partial charge < -0.3 is 13.9 Å². The number of aromatic nitrogens is 1. The first-order valence-corrected chi connectivity index (χ1v) is 20.8. The van der Waals surface area contributed by atoms with Crippen LogP contribution in [-0.2, 0) is 0 Å². The van der Waals surface area contributed by atoms with Gasteiger partial charge in [0.15, 0.2) is 0 Å². The van der Waals surface area contributed by atoms with Crippen molar-refractivity contribution in [2.24, 2.45) is 0 Å². The Labute approximate surface area is 353 Å². The van der Waals surface area contributed by atoms with Gasteiger partial charge >= 0.3 is 0 Å². The first-order valence-electron chi connectivity index (χ1n) is 20.8. The molecule has 10 aromatic carbocycles. The van der Waals surface area contributed by atoms with E-state index in [2.05, 4.69) is 228 Å². The molecule has 2 aromatic heterocycles. The molecule has 0 atom stereocenters. The van der Waals surface area contributed by atoms with Crippen LogP contribution in [-0.4, -0.2) is 4.57 Å². The van der Waals surface area contributed by atoms with E-state index in [0.717, 1.165) is 55.8 Å². The second-order valence-electron chi connectivity index (χ2n) is 15.7. The molecule has 0 amide bonds. The molecular weight excluding hydrogens is 741 g/mol. The molecule has 0 bridgehead atoms. The van der Waals surface area contributed by atoms with E-state index < -0.39 is 0 Å². The Morgan fingerprint density at radius 1 is 0.311 bits per heavy atom. The lowest BCUT2D eigenvalue weighted by Gasteiger charge is -2.28. The summed E-state index contributed by atoms with van der Waals surface area (Å²) in [4.78, 5) is 2.39. The zero-order valence-electron chi connectivity index (χ0n) is 33.2. The van der Waals surface area contributed by atoms with Gasteiger partial charge in [0.2, 0.25) is 0 Å². The molecule has 0 aliphatic carbocycles. The average Bonchev–Trinajstić information content (AvgIpc) is 3.89. The van der Waals surface area contributed by atoms with Gasteiger partial charge in [-0.3, -0.25) is 0 Å². The summed E-state index contributed by atoms with van der Waals surface area (Å²) in [5.41, 5.74) is 15.6. The largest absolute Gasteiger partial charge is 0.455 e. The lowest BCUT2D eigenvalue weighted by Crippen LogP contribution is -2.11. The van der Waals surface area contributed by atoms with E-state index in [1.165, 1.54) is 54.8 Å². The third kappa shape index (κ3) is 5.82. The first-order chi connectivity index (χ1) is 30.3. The number of para-hydroxylation sites is 4. The molecule has 3 nitrogen and oxygen atoms in total. The van der Waals surface area contributed by atoms with Crippen LogP contribution in [0.5, 0.6) is 0 Å². The van der Waals surface area contributed by atoms with Crippen LogP contribution >= 0.6 is 0 Å². The Kier molecular flexibility index (Phi) is 8.17. The molecule has 3 heteroatoms. The number of anilines is 3. The number of nitrogens with zero attached hydrogens (tertiary/aromatic N) is 2. The van der Waals surface area contributed by atoms with Crippen LogP contribution in [0.25, 0.3) is 93.6 Å². The van der Waals surface area contributed by atoms with E-state index >= 15 is 0 Å². The molecule has 12 rings (SSSR count). The number of hydrogen-bond donors (Lipinski definition) is 0. The van der Waals surface area contributed by atoms with Gasteiger partial charge in [-0.1, -0.05) is 176 Å². The normalized spacial score (nSPS) is 11.6. The summed E-state index contributed by atoms with van der Waals surface area (Å²) >= 11 is 0. The van der Waals surface area contributed by atoms with Gasteiger partial charge in [0.05, 0.1) is 22.4 Å². The number of rotatable bonds is 7. The number of benzene rings is 10. The quantitative estimate of drug-likeness (QED) is 0.161. The van der Waals surface area contributed by atoms with E-state index in [4.69, 9.17) is 4.42 Å². The lowest BCUT2D eigenvalue weighted by molar-refractivity contribution is 0.670. The van der Waals surface area contributed by atoms with E-state index in [1.807, 2.05) is 12.1 Å². The zero-order chi connectivity index (χ0) is 40.3. The minimum absolute atomic E-state index is 0.902. The minimum Gasteiger partial charge on any atom is -0.455 e. The second-order valence-corrected chi connectivity index (χ2v) is 15.7. The molecule has 0 unspecified atom stereocenters. The molecule has 0 fully saturated rings. The Morgan fingerprint density at radius 3 is 1.43 bits per heavy atom. The van der Waals surface area contributed by atoms with Gasteiger partial charge in [-0.05, 0) is 82.4 Å². The van der Waals surface area contributed by atoms with Crippen molar-refractivity contribution in [2.75, 3.05) is 4.90 Å². The first kappa shape index (κ1) is 34.9. The van der Waals surface area contributed by atoms with Gasteiger partial charge in [0.1, 0.15) is 11.2 Å². The second kappa shape index (κ2) is 14.3. The Bertz CT molecular complexity index is 3510. The Balaban J connectivity index is 1.00. The predicted molar refractivity (Wildman–Crippen MR) is 257 cm³/mol. The Hall–Kier alpha value is -8.14. The van der Waals surface area contributed by atoms with Crippen LogP contribution in [0.15, 0.2) is 235 Å². The molecule has 286 valence electrons. The van der Waals surface area contributed by atoms with Crippen molar-refractivity contribution in [2.45, 2.75) is 0 Å². The number of furan rings is 1. The Morgan fingerprint density at radius 2 is 0.787 bits per heavy atom. The summed E-state index contributed by atoms with van der Waals surface area (Å²) in [7, 11) is 0. The van der Waals surface area contributed by atoms with Crippen LogP contribution in [0.1, 0.15) is 0 Å². The van der Waals surface area contributed by atoms with Crippen molar-refractivity contribution in [1.29, 1.82) is 0 Å². The zero-order valence-corrected chi connectivity index (χ0v) is 33.2. The smallest absolute Gasteiger partial charge is 0.143 e. The summed E-state index contributed by atoms with van der Waals surface area (Å²) < 4.78 is 8.89. The highest BCUT2D eigenvalue weighted by molar-refractivity contribution is 6.12. The highest BCUT2D eigenvalue weighted by atomic mass is 16.3. The fourth-order valence-electron chi connectivity index (χ4n) is 9.32. The summed E-state index contributed by atoms with van der Waals surface area (Å²) in [6, 6.07) is 82.9. The topological polar surface area (TPSA) is 21.3 Å². The molecule has 0 saturated heterocycles. The molecule has 61 heavy (non-hydrogen) atoms. The highest BCUT2D eigenvalue weighted by Gasteiger charge is 2.20. The summed E-state index contributed by atoms with van der Waals surface area (Å²) in [6.45, 7) is 0. The lowest BCUT2D eigenvalue weighted by atomic mass is 9.99. The maximum atomic E-state index is 6.46. The van der Waals surface area contributed by atoms with Crippen LogP contribution in [0, 0.1) is 0 Å². The maximum Gasteiger partial charge on any atom is 0.143 e. The van der Waals surface area contributed by atoms with Crippen molar-refractivity contribution < 1.29 is 4.42 Å². The summed E-state index contributed by atoms with van der Waals surface area (Å²) in [5.74, 6) is 0. The molecule has 0 radical (unpaired) electrons. The summed E-state index contributed by atoms with van der Waals surface area (Å²) in [5, 5.41) is 7.11. The van der Waals surface area contributed by atoms with Gasteiger partial charge in [0.25, 0.3) is 0 Å². The van der Waals surface area contributed by atoms with Crippen molar-refractivity contribution in [3.05, 3.63) is 231 Å². The van der Waals surface area contributed by atoms with Crippen molar-refractivity contribution in [3.8, 4) is 39.1 Å². The third-order valence-electron chi connectivity index (χ3n) is 12.2. The third-order valence-corrected chi connectivity index (χ3v) is 12.2. The monoisotopic (exact) mass is 778 g/mol. The number of fused-ring (bicyclic) bond motifs is 7. The number of hydrogen-bond acceptors (Lipinski definition) is 2. The molecule has 0 spiro atoms. The van der Waals surface area contributed by atoms with Gasteiger partial charge in [-0.15, -0.1) is 0 Å². The van der Waals surface area contributed by atoms with E-state index in [0.29, 0.717) is 0 Å². The molecule has 0 aliphatic heterocycles. The van der Waals surface area contributed by atoms with Crippen molar-refractivity contribution in [1.82, 2.24) is 4.57 Å². The molecular formula is C58H38N2O. The van der Waals surface area contributed by atoms with E-state index in [9.17, 15) is 0 Å². The maximum absolute atomic E-state index is 6.46. The van der Waals surface area contributed by atoms with E-state index in [-0.39, 0.29) is 0 Å². The van der Waals surface area contributed by atoms with Gasteiger partial charge in [-0.2, -0.15) is 0 Å². The predicted octanol–water partition coefficient (Wildman–Crippen LogP) is 16.3. The minimum atomic E-state index is 0.902. The molecule has 0 saturated carbocycles. The van der Waals surface area contributed by atoms with Crippen molar-refractivity contribution in [3.63, 3.8) is 0 Å². The van der Waals surface area contributed by atoms with Gasteiger partial charge in [-0.25, -0.2) is 0 Å². The van der Waals surface area contributed by atoms with Crippen LogP contribution in [0.4, 0.5) is 17.1 Å². The fourth-order valence-corrected chi connectivity index (χ4v) is 9.32. The average molecular weight is 779 g/mol. The van der Waals surface area contributed by atoms with Crippen LogP contribution in [0.2, 0.25) is 0 Å². The van der Waals surface area contributed by atoms with Crippen molar-refractivity contribution >= 4 is 71.6 Å². The SMILES string of the molecule is c1ccc(-c2ccc(-c3ccc(N(c4ccc(-c5cccc6c5oc5ccccc56)cc4)c4ccc(-n5c6ccccc6c6ccccc65)c5ccccc45)cc3)cc2)cc1.